The average Bonchev–Trinajstić information content (AvgIpc) is 2.77. The summed E-state index contributed by atoms with van der Waals surface area (Å²) < 4.78 is 15.4. The molecule has 3 rings (SSSR count). The van der Waals surface area contributed by atoms with E-state index in [2.05, 4.69) is 35.3 Å². The maximum absolute atomic E-state index is 13.3. The Hall–Kier alpha value is -2.43. The van der Waals surface area contributed by atoms with Gasteiger partial charge in [-0.25, -0.2) is 9.37 Å². The van der Waals surface area contributed by atoms with E-state index < -0.39 is 0 Å². The molecule has 2 aromatic heterocycles. The Morgan fingerprint density at radius 1 is 1.19 bits per heavy atom. The van der Waals surface area contributed by atoms with Crippen LogP contribution in [-0.2, 0) is 5.54 Å². The van der Waals surface area contributed by atoms with E-state index in [1.165, 1.54) is 12.1 Å². The molecule has 0 aliphatic rings. The van der Waals surface area contributed by atoms with Crippen LogP contribution in [0, 0.1) is 5.82 Å². The molecule has 0 bridgehead atoms. The van der Waals surface area contributed by atoms with Crippen molar-refractivity contribution >= 4 is 16.7 Å². The Kier molecular flexibility index (Phi) is 2.93. The first-order valence-corrected chi connectivity index (χ1v) is 6.76. The summed E-state index contributed by atoms with van der Waals surface area (Å²) in [7, 11) is 0. The average molecular weight is 284 g/mol. The Labute approximate surface area is 122 Å². The molecule has 0 aliphatic heterocycles. The minimum Gasteiger partial charge on any atom is -0.398 e. The van der Waals surface area contributed by atoms with Crippen LogP contribution >= 0.6 is 0 Å². The fourth-order valence-electron chi connectivity index (χ4n) is 2.53. The van der Waals surface area contributed by atoms with E-state index in [1.54, 1.807) is 18.5 Å². The zero-order chi connectivity index (χ0) is 15.2. The van der Waals surface area contributed by atoms with Crippen molar-refractivity contribution in [3.8, 4) is 11.4 Å². The second-order valence-corrected chi connectivity index (χ2v) is 6.04. The van der Waals surface area contributed by atoms with E-state index in [0.717, 1.165) is 22.4 Å². The topological polar surface area (TPSA) is 56.7 Å². The van der Waals surface area contributed by atoms with Gasteiger partial charge in [-0.15, -0.1) is 0 Å². The Morgan fingerprint density at radius 2 is 1.95 bits per heavy atom. The quantitative estimate of drug-likeness (QED) is 0.695. The molecule has 0 fully saturated rings. The predicted octanol–water partition coefficient (Wildman–Crippen LogP) is 3.57. The minimum absolute atomic E-state index is 0.188. The summed E-state index contributed by atoms with van der Waals surface area (Å²) in [4.78, 5) is 8.75. The third kappa shape index (κ3) is 2.24. The van der Waals surface area contributed by atoms with Crippen molar-refractivity contribution in [1.29, 1.82) is 0 Å². The Bertz CT molecular complexity index is 815. The van der Waals surface area contributed by atoms with E-state index in [9.17, 15) is 4.39 Å². The van der Waals surface area contributed by atoms with Crippen LogP contribution in [0.25, 0.3) is 22.4 Å². The first kappa shape index (κ1) is 13.5. The lowest BCUT2D eigenvalue weighted by molar-refractivity contribution is 0.413. The molecule has 0 radical (unpaired) electrons. The molecular weight excluding hydrogens is 267 g/mol. The first-order valence-electron chi connectivity index (χ1n) is 6.76. The van der Waals surface area contributed by atoms with Gasteiger partial charge in [0.05, 0.1) is 11.7 Å². The number of pyridine rings is 1. The summed E-state index contributed by atoms with van der Waals surface area (Å²) in [5.74, 6) is 0.374. The van der Waals surface area contributed by atoms with Crippen molar-refractivity contribution in [2.24, 2.45) is 0 Å². The van der Waals surface area contributed by atoms with Gasteiger partial charge >= 0.3 is 0 Å². The van der Waals surface area contributed by atoms with Crippen LogP contribution in [-0.4, -0.2) is 14.5 Å². The van der Waals surface area contributed by atoms with Crippen molar-refractivity contribution in [2.75, 3.05) is 5.73 Å². The van der Waals surface area contributed by atoms with Crippen LogP contribution in [0.3, 0.4) is 0 Å². The summed E-state index contributed by atoms with van der Waals surface area (Å²) in [5.41, 5.74) is 8.67. The summed E-state index contributed by atoms with van der Waals surface area (Å²) in [6, 6.07) is 6.31. The number of hydrogen-bond donors (Lipinski definition) is 1. The maximum Gasteiger partial charge on any atom is 0.143 e. The van der Waals surface area contributed by atoms with Gasteiger partial charge in [0.25, 0.3) is 0 Å². The van der Waals surface area contributed by atoms with Crippen LogP contribution in [0.4, 0.5) is 10.1 Å². The molecule has 108 valence electrons. The highest BCUT2D eigenvalue weighted by Gasteiger charge is 2.23. The molecule has 0 spiro atoms. The number of anilines is 1. The second kappa shape index (κ2) is 4.55. The van der Waals surface area contributed by atoms with Gasteiger partial charge in [-0.3, -0.25) is 4.98 Å². The van der Waals surface area contributed by atoms with E-state index in [-0.39, 0.29) is 11.4 Å². The lowest BCUT2D eigenvalue weighted by Gasteiger charge is -2.25. The van der Waals surface area contributed by atoms with Gasteiger partial charge in [0, 0.05) is 23.0 Å². The van der Waals surface area contributed by atoms with Crippen molar-refractivity contribution < 1.29 is 4.39 Å². The molecule has 2 heterocycles. The highest BCUT2D eigenvalue weighted by atomic mass is 19.1. The Balaban J connectivity index is 2.37. The van der Waals surface area contributed by atoms with Gasteiger partial charge in [-0.2, -0.15) is 0 Å². The first-order chi connectivity index (χ1) is 9.88. The minimum atomic E-state index is -0.351. The van der Waals surface area contributed by atoms with Crippen molar-refractivity contribution in [1.82, 2.24) is 14.5 Å². The lowest BCUT2D eigenvalue weighted by atomic mass is 10.1. The highest BCUT2D eigenvalue weighted by molar-refractivity contribution is 5.83. The molecule has 5 heteroatoms. The molecule has 0 amide bonds. The number of nitrogen functional groups attached to an aromatic ring is 1. The van der Waals surface area contributed by atoms with Crippen molar-refractivity contribution in [3.05, 3.63) is 42.5 Å². The molecule has 0 unspecified atom stereocenters. The monoisotopic (exact) mass is 284 g/mol. The summed E-state index contributed by atoms with van der Waals surface area (Å²) in [6.07, 6.45) is 3.46. The van der Waals surface area contributed by atoms with Gasteiger partial charge in [-0.05, 0) is 45.0 Å². The summed E-state index contributed by atoms with van der Waals surface area (Å²) in [5, 5.41) is 0. The molecule has 21 heavy (non-hydrogen) atoms. The number of aromatic nitrogens is 3. The standard InChI is InChI=1S/C16H17FN4/c1-16(2,3)21-14-6-7-19-9-13(14)20-15(21)11-5-4-10(17)8-12(11)18/h4-9H,18H2,1-3H3. The van der Waals surface area contributed by atoms with Gasteiger partial charge in [0.1, 0.15) is 17.2 Å². The molecule has 0 aliphatic carbocycles. The molecule has 0 saturated heterocycles. The van der Waals surface area contributed by atoms with E-state index in [4.69, 9.17) is 5.73 Å². The van der Waals surface area contributed by atoms with E-state index in [0.29, 0.717) is 5.69 Å². The van der Waals surface area contributed by atoms with Crippen molar-refractivity contribution in [3.63, 3.8) is 0 Å². The van der Waals surface area contributed by atoms with Gasteiger partial charge in [-0.1, -0.05) is 0 Å². The molecule has 0 atom stereocenters. The van der Waals surface area contributed by atoms with Crippen molar-refractivity contribution in [2.45, 2.75) is 26.3 Å². The van der Waals surface area contributed by atoms with Gasteiger partial charge in [0.2, 0.25) is 0 Å². The SMILES string of the molecule is CC(C)(C)n1c(-c2ccc(F)cc2N)nc2cnccc21. The number of fused-ring (bicyclic) bond motifs is 1. The summed E-state index contributed by atoms with van der Waals surface area (Å²) in [6.45, 7) is 6.29. The summed E-state index contributed by atoms with van der Waals surface area (Å²) >= 11 is 0. The van der Waals surface area contributed by atoms with E-state index in [1.807, 2.05) is 6.07 Å². The number of rotatable bonds is 1. The van der Waals surface area contributed by atoms with Crippen LogP contribution in [0.2, 0.25) is 0 Å². The van der Waals surface area contributed by atoms with E-state index >= 15 is 0 Å². The predicted molar refractivity (Wildman–Crippen MR) is 82.3 cm³/mol. The van der Waals surface area contributed by atoms with Gasteiger partial charge in [0.15, 0.2) is 0 Å². The number of nitrogens with zero attached hydrogens (tertiary/aromatic N) is 3. The molecule has 4 nitrogen and oxygen atoms in total. The zero-order valence-corrected chi connectivity index (χ0v) is 12.3. The smallest absolute Gasteiger partial charge is 0.143 e. The largest absolute Gasteiger partial charge is 0.398 e. The third-order valence-corrected chi connectivity index (χ3v) is 3.38. The molecule has 1 aromatic carbocycles. The second-order valence-electron chi connectivity index (χ2n) is 6.04. The number of halogens is 1. The van der Waals surface area contributed by atoms with Crippen LogP contribution in [0.5, 0.6) is 0 Å². The lowest BCUT2D eigenvalue weighted by Crippen LogP contribution is -2.22. The normalized spacial score (nSPS) is 12.0. The van der Waals surface area contributed by atoms with Crippen LogP contribution in [0.15, 0.2) is 36.7 Å². The Morgan fingerprint density at radius 3 is 2.62 bits per heavy atom. The number of benzene rings is 1. The van der Waals surface area contributed by atoms with Gasteiger partial charge < -0.3 is 10.3 Å². The number of nitrogens with two attached hydrogens (primary N) is 1. The fourth-order valence-corrected chi connectivity index (χ4v) is 2.53. The number of imidazole rings is 1. The molecule has 2 N–H and O–H groups in total. The molecular formula is C16H17FN4. The van der Waals surface area contributed by atoms with Crippen LogP contribution < -0.4 is 5.73 Å². The molecule has 0 saturated carbocycles. The fraction of sp³-hybridized carbons (Fsp3) is 0.250. The van der Waals surface area contributed by atoms with Crippen LogP contribution in [0.1, 0.15) is 20.8 Å². The molecule has 3 aromatic rings. The third-order valence-electron chi connectivity index (χ3n) is 3.38. The maximum atomic E-state index is 13.3. The number of hydrogen-bond acceptors (Lipinski definition) is 3. The highest BCUT2D eigenvalue weighted by Crippen LogP contribution is 2.33. The zero-order valence-electron chi connectivity index (χ0n) is 12.3.